The highest BCUT2D eigenvalue weighted by Gasteiger charge is 2.20. The molecule has 0 atom stereocenters. The average Bonchev–Trinajstić information content (AvgIpc) is 2.75. The molecule has 0 unspecified atom stereocenters. The summed E-state index contributed by atoms with van der Waals surface area (Å²) in [4.78, 5) is 12.6. The molecule has 0 saturated heterocycles. The first kappa shape index (κ1) is 23.7. The van der Waals surface area contributed by atoms with E-state index in [1.165, 1.54) is 0 Å². The van der Waals surface area contributed by atoms with Gasteiger partial charge >= 0.3 is 5.97 Å². The number of benzene rings is 3. The van der Waals surface area contributed by atoms with Gasteiger partial charge < -0.3 is 14.6 Å². The number of hydrogen-bond donors (Lipinski definition) is 1. The van der Waals surface area contributed by atoms with E-state index in [4.69, 9.17) is 55.9 Å². The van der Waals surface area contributed by atoms with Crippen molar-refractivity contribution >= 4 is 52.4 Å². The molecule has 8 heteroatoms. The van der Waals surface area contributed by atoms with Crippen molar-refractivity contribution in [2.45, 2.75) is 6.92 Å². The Hall–Kier alpha value is -1.95. The quantitative estimate of drug-likeness (QED) is 0.349. The number of rotatable bonds is 7. The molecule has 4 nitrogen and oxygen atoms in total. The first-order valence-electron chi connectivity index (χ1n) is 9.35. The molecule has 0 aromatic heterocycles. The molecule has 0 radical (unpaired) electrons. The fraction of sp³-hybridized carbons (Fsp3) is 0.174. The van der Waals surface area contributed by atoms with Gasteiger partial charge in [0.2, 0.25) is 0 Å². The van der Waals surface area contributed by atoms with Gasteiger partial charge in [-0.25, -0.2) is 4.79 Å². The smallest absolute Gasteiger partial charge is 0.338 e. The number of aliphatic hydroxyl groups is 1. The van der Waals surface area contributed by atoms with Crippen molar-refractivity contribution in [3.05, 3.63) is 74.2 Å². The zero-order chi connectivity index (χ0) is 22.5. The van der Waals surface area contributed by atoms with E-state index in [9.17, 15) is 9.90 Å². The van der Waals surface area contributed by atoms with E-state index in [0.29, 0.717) is 53.7 Å². The summed E-state index contributed by atoms with van der Waals surface area (Å²) >= 11 is 24.6. The third-order valence-corrected chi connectivity index (χ3v) is 5.88. The summed E-state index contributed by atoms with van der Waals surface area (Å²) in [5.74, 6) is -0.0438. The minimum atomic E-state index is -0.487. The van der Waals surface area contributed by atoms with Gasteiger partial charge in [0.25, 0.3) is 0 Å². The third-order valence-electron chi connectivity index (χ3n) is 4.40. The Morgan fingerprint density at radius 2 is 1.35 bits per heavy atom. The molecule has 31 heavy (non-hydrogen) atoms. The van der Waals surface area contributed by atoms with Crippen molar-refractivity contribution in [3.8, 4) is 28.0 Å². The fourth-order valence-electron chi connectivity index (χ4n) is 3.02. The van der Waals surface area contributed by atoms with Crippen LogP contribution in [0.5, 0.6) is 5.75 Å². The molecule has 0 heterocycles. The molecule has 0 saturated carbocycles. The monoisotopic (exact) mass is 498 g/mol. The van der Waals surface area contributed by atoms with E-state index in [1.54, 1.807) is 55.5 Å². The van der Waals surface area contributed by atoms with Crippen LogP contribution in [0.3, 0.4) is 0 Å². The molecule has 0 aliphatic heterocycles. The second kappa shape index (κ2) is 10.6. The average molecular weight is 500 g/mol. The maximum atomic E-state index is 12.6. The zero-order valence-corrected chi connectivity index (χ0v) is 19.4. The number of ether oxygens (including phenoxy) is 2. The first-order valence-corrected chi connectivity index (χ1v) is 10.9. The van der Waals surface area contributed by atoms with Gasteiger partial charge in [0.1, 0.15) is 12.4 Å². The molecular formula is C23H18Cl4O4. The lowest BCUT2D eigenvalue weighted by Gasteiger charge is -2.18. The van der Waals surface area contributed by atoms with E-state index in [1.807, 2.05) is 0 Å². The number of halogens is 4. The van der Waals surface area contributed by atoms with Crippen LogP contribution >= 0.6 is 46.4 Å². The van der Waals surface area contributed by atoms with Crippen LogP contribution in [0.15, 0.2) is 48.5 Å². The maximum Gasteiger partial charge on any atom is 0.338 e. The summed E-state index contributed by atoms with van der Waals surface area (Å²) in [6.07, 6.45) is 0. The standard InChI is InChI=1S/C23H18Cl4O4/c1-2-30-23(29)15-9-16(13-3-5-18(24)20(26)11-13)22(31-8-7-28)17(10-15)14-4-6-19(25)21(27)12-14/h3-6,9-12,28H,2,7-8H2,1H3. The molecule has 0 aliphatic carbocycles. The second-order valence-electron chi connectivity index (χ2n) is 6.45. The molecule has 0 amide bonds. The van der Waals surface area contributed by atoms with E-state index in [-0.39, 0.29) is 19.8 Å². The van der Waals surface area contributed by atoms with Gasteiger partial charge in [0.15, 0.2) is 0 Å². The van der Waals surface area contributed by atoms with Crippen molar-refractivity contribution in [1.29, 1.82) is 0 Å². The predicted octanol–water partition coefficient (Wildman–Crippen LogP) is 7.18. The lowest BCUT2D eigenvalue weighted by Crippen LogP contribution is -2.08. The minimum Gasteiger partial charge on any atom is -0.490 e. The third kappa shape index (κ3) is 5.46. The number of aliphatic hydroxyl groups excluding tert-OH is 1. The Bertz CT molecular complexity index is 1040. The van der Waals surface area contributed by atoms with Crippen LogP contribution in [-0.4, -0.2) is 30.9 Å². The number of carbonyl (C=O) groups is 1. The highest BCUT2D eigenvalue weighted by atomic mass is 35.5. The summed E-state index contributed by atoms with van der Waals surface area (Å²) in [5, 5.41) is 10.8. The van der Waals surface area contributed by atoms with E-state index in [2.05, 4.69) is 0 Å². The molecule has 162 valence electrons. The molecule has 0 aliphatic rings. The van der Waals surface area contributed by atoms with Crippen LogP contribution in [-0.2, 0) is 4.74 Å². The molecule has 0 fully saturated rings. The van der Waals surface area contributed by atoms with Gasteiger partial charge in [-0.05, 0) is 54.4 Å². The van der Waals surface area contributed by atoms with Crippen molar-refractivity contribution in [2.75, 3.05) is 19.8 Å². The summed E-state index contributed by atoms with van der Waals surface area (Å²) in [7, 11) is 0. The van der Waals surface area contributed by atoms with Crippen molar-refractivity contribution in [2.24, 2.45) is 0 Å². The Labute approximate surface area is 200 Å². The molecule has 3 aromatic carbocycles. The largest absolute Gasteiger partial charge is 0.490 e. The normalized spacial score (nSPS) is 10.8. The lowest BCUT2D eigenvalue weighted by molar-refractivity contribution is 0.0526. The van der Waals surface area contributed by atoms with Gasteiger partial charge in [-0.3, -0.25) is 0 Å². The second-order valence-corrected chi connectivity index (χ2v) is 8.08. The highest BCUT2D eigenvalue weighted by molar-refractivity contribution is 6.42. The Kier molecular flexibility index (Phi) is 8.09. The predicted molar refractivity (Wildman–Crippen MR) is 126 cm³/mol. The van der Waals surface area contributed by atoms with Gasteiger partial charge in [-0.15, -0.1) is 0 Å². The highest BCUT2D eigenvalue weighted by Crippen LogP contribution is 2.43. The van der Waals surface area contributed by atoms with Gasteiger partial charge in [0.05, 0.1) is 38.9 Å². The fourth-order valence-corrected chi connectivity index (χ4v) is 3.62. The van der Waals surface area contributed by atoms with Crippen molar-refractivity contribution < 1.29 is 19.4 Å². The SMILES string of the molecule is CCOC(=O)c1cc(-c2ccc(Cl)c(Cl)c2)c(OCCO)c(-c2ccc(Cl)c(Cl)c2)c1. The summed E-state index contributed by atoms with van der Waals surface area (Å²) in [5.41, 5.74) is 2.84. The molecule has 3 aromatic rings. The molecule has 0 spiro atoms. The van der Waals surface area contributed by atoms with Crippen LogP contribution in [0.25, 0.3) is 22.3 Å². The summed E-state index contributed by atoms with van der Waals surface area (Å²) in [6, 6.07) is 13.5. The van der Waals surface area contributed by atoms with Crippen LogP contribution in [0.2, 0.25) is 20.1 Å². The van der Waals surface area contributed by atoms with Crippen molar-refractivity contribution in [1.82, 2.24) is 0 Å². The van der Waals surface area contributed by atoms with Gasteiger partial charge in [0, 0.05) is 11.1 Å². The van der Waals surface area contributed by atoms with Crippen LogP contribution in [0.1, 0.15) is 17.3 Å². The maximum absolute atomic E-state index is 12.6. The van der Waals surface area contributed by atoms with E-state index >= 15 is 0 Å². The zero-order valence-electron chi connectivity index (χ0n) is 16.4. The van der Waals surface area contributed by atoms with Crippen LogP contribution < -0.4 is 4.74 Å². The lowest BCUT2D eigenvalue weighted by atomic mass is 9.94. The first-order chi connectivity index (χ1) is 14.8. The Morgan fingerprint density at radius 3 is 1.77 bits per heavy atom. The van der Waals surface area contributed by atoms with Crippen molar-refractivity contribution in [3.63, 3.8) is 0 Å². The van der Waals surface area contributed by atoms with Crippen LogP contribution in [0.4, 0.5) is 0 Å². The summed E-state index contributed by atoms with van der Waals surface area (Å²) in [6.45, 7) is 1.81. The Morgan fingerprint density at radius 1 is 0.839 bits per heavy atom. The van der Waals surface area contributed by atoms with E-state index < -0.39 is 5.97 Å². The Balaban J connectivity index is 2.32. The van der Waals surface area contributed by atoms with Gasteiger partial charge in [-0.1, -0.05) is 58.5 Å². The topological polar surface area (TPSA) is 55.8 Å². The number of esters is 1. The van der Waals surface area contributed by atoms with Gasteiger partial charge in [-0.2, -0.15) is 0 Å². The molecular weight excluding hydrogens is 482 g/mol. The molecule has 0 bridgehead atoms. The van der Waals surface area contributed by atoms with E-state index in [0.717, 1.165) is 0 Å². The summed E-state index contributed by atoms with van der Waals surface area (Å²) < 4.78 is 11.1. The number of carbonyl (C=O) groups excluding carboxylic acids is 1. The van der Waals surface area contributed by atoms with Crippen LogP contribution in [0, 0.1) is 0 Å². The number of hydrogen-bond acceptors (Lipinski definition) is 4. The molecule has 1 N–H and O–H groups in total. The minimum absolute atomic E-state index is 0.0431. The molecule has 3 rings (SSSR count).